The van der Waals surface area contributed by atoms with Gasteiger partial charge in [0.05, 0.1) is 23.3 Å². The van der Waals surface area contributed by atoms with E-state index in [2.05, 4.69) is 0 Å². The Labute approximate surface area is 155 Å². The van der Waals surface area contributed by atoms with Gasteiger partial charge in [-0.25, -0.2) is 4.79 Å². The van der Waals surface area contributed by atoms with Gasteiger partial charge in [0.1, 0.15) is 0 Å². The summed E-state index contributed by atoms with van der Waals surface area (Å²) >= 11 is 0. The molecule has 6 nitrogen and oxygen atoms in total. The molecule has 0 N–H and O–H groups in total. The normalized spacial score (nSPS) is 28.3. The van der Waals surface area contributed by atoms with Crippen LogP contribution in [-0.2, 0) is 34.6 Å². The molecule has 140 valence electrons. The van der Waals surface area contributed by atoms with Crippen molar-refractivity contribution in [2.45, 2.75) is 43.1 Å². The number of carbonyl (C=O) groups is 2. The smallest absolute Gasteiger partial charge is 0.334 e. The Morgan fingerprint density at radius 3 is 2.58 bits per heavy atom. The lowest BCUT2D eigenvalue weighted by atomic mass is 9.92. The number of benzene rings is 1. The molecule has 1 fully saturated rings. The van der Waals surface area contributed by atoms with Crippen molar-refractivity contribution < 1.29 is 28.0 Å². The lowest BCUT2D eigenvalue weighted by Crippen LogP contribution is -2.45. The third-order valence-electron chi connectivity index (χ3n) is 4.71. The SMILES string of the molecule is CCOC(=O)C1=CC[C@]2(S(=O)c3ccc(C)cc3)C(=O)O[C@@H](OCC)[C@H]12. The summed E-state index contributed by atoms with van der Waals surface area (Å²) in [4.78, 5) is 25.7. The lowest BCUT2D eigenvalue weighted by Gasteiger charge is -2.26. The number of cyclic esters (lactones) is 1. The zero-order valence-electron chi connectivity index (χ0n) is 15.0. The van der Waals surface area contributed by atoms with Crippen molar-refractivity contribution >= 4 is 22.7 Å². The van der Waals surface area contributed by atoms with E-state index in [0.29, 0.717) is 17.1 Å². The van der Waals surface area contributed by atoms with E-state index in [4.69, 9.17) is 14.2 Å². The highest BCUT2D eigenvalue weighted by Gasteiger charge is 2.66. The fourth-order valence-corrected chi connectivity index (χ4v) is 5.18. The van der Waals surface area contributed by atoms with Gasteiger partial charge in [0, 0.05) is 17.1 Å². The van der Waals surface area contributed by atoms with Gasteiger partial charge in [-0.1, -0.05) is 23.8 Å². The van der Waals surface area contributed by atoms with Crippen LogP contribution < -0.4 is 0 Å². The molecule has 1 unspecified atom stereocenters. The molecule has 4 atom stereocenters. The fraction of sp³-hybridized carbons (Fsp3) is 0.474. The van der Waals surface area contributed by atoms with Gasteiger partial charge in [-0.2, -0.15) is 0 Å². The topological polar surface area (TPSA) is 78.9 Å². The van der Waals surface area contributed by atoms with Crippen LogP contribution in [0.3, 0.4) is 0 Å². The third-order valence-corrected chi connectivity index (χ3v) is 6.66. The van der Waals surface area contributed by atoms with E-state index >= 15 is 0 Å². The zero-order valence-corrected chi connectivity index (χ0v) is 15.8. The van der Waals surface area contributed by atoms with Gasteiger partial charge in [-0.05, 0) is 39.3 Å². The number of rotatable bonds is 6. The van der Waals surface area contributed by atoms with Gasteiger partial charge in [0.2, 0.25) is 6.29 Å². The second-order valence-corrected chi connectivity index (χ2v) is 8.00. The van der Waals surface area contributed by atoms with Crippen molar-refractivity contribution in [2.75, 3.05) is 13.2 Å². The van der Waals surface area contributed by atoms with Crippen LogP contribution in [0.4, 0.5) is 0 Å². The predicted octanol–water partition coefficient (Wildman–Crippen LogP) is 2.27. The second-order valence-electron chi connectivity index (χ2n) is 6.26. The van der Waals surface area contributed by atoms with Gasteiger partial charge >= 0.3 is 11.9 Å². The molecule has 26 heavy (non-hydrogen) atoms. The number of aryl methyl sites for hydroxylation is 1. The monoisotopic (exact) mass is 378 g/mol. The van der Waals surface area contributed by atoms with E-state index in [-0.39, 0.29) is 13.0 Å². The number of hydrogen-bond acceptors (Lipinski definition) is 6. The van der Waals surface area contributed by atoms with Gasteiger partial charge in [0.25, 0.3) is 0 Å². The molecule has 1 aromatic carbocycles. The average Bonchev–Trinajstić information content (AvgIpc) is 3.14. The van der Waals surface area contributed by atoms with Gasteiger partial charge < -0.3 is 14.2 Å². The zero-order chi connectivity index (χ0) is 18.9. The quantitative estimate of drug-likeness (QED) is 0.707. The highest BCUT2D eigenvalue weighted by molar-refractivity contribution is 7.87. The van der Waals surface area contributed by atoms with Gasteiger partial charge in [-0.3, -0.25) is 9.00 Å². The van der Waals surface area contributed by atoms with Crippen LogP contribution in [0.5, 0.6) is 0 Å². The Kier molecular flexibility index (Phi) is 5.29. The van der Waals surface area contributed by atoms with Crippen molar-refractivity contribution in [3.8, 4) is 0 Å². The molecule has 0 bridgehead atoms. The molecule has 3 rings (SSSR count). The summed E-state index contributed by atoms with van der Waals surface area (Å²) in [5.41, 5.74) is 1.33. The largest absolute Gasteiger partial charge is 0.463 e. The molecule has 0 saturated carbocycles. The molecular weight excluding hydrogens is 356 g/mol. The van der Waals surface area contributed by atoms with Crippen LogP contribution in [-0.4, -0.2) is 40.4 Å². The molecule has 0 spiro atoms. The second kappa shape index (κ2) is 7.32. The van der Waals surface area contributed by atoms with Crippen LogP contribution in [0.2, 0.25) is 0 Å². The van der Waals surface area contributed by atoms with E-state index in [1.165, 1.54) is 0 Å². The number of ether oxygens (including phenoxy) is 3. The predicted molar refractivity (Wildman–Crippen MR) is 94.6 cm³/mol. The van der Waals surface area contributed by atoms with E-state index in [1.807, 2.05) is 19.1 Å². The maximum Gasteiger partial charge on any atom is 0.334 e. The number of fused-ring (bicyclic) bond motifs is 1. The van der Waals surface area contributed by atoms with E-state index in [0.717, 1.165) is 5.56 Å². The summed E-state index contributed by atoms with van der Waals surface area (Å²) < 4.78 is 28.1. The molecule has 0 radical (unpaired) electrons. The van der Waals surface area contributed by atoms with Gasteiger partial charge in [0.15, 0.2) is 4.75 Å². The first kappa shape index (κ1) is 18.8. The summed E-state index contributed by atoms with van der Waals surface area (Å²) in [6, 6.07) is 7.16. The summed E-state index contributed by atoms with van der Waals surface area (Å²) in [6.45, 7) is 5.93. The van der Waals surface area contributed by atoms with E-state index < -0.39 is 39.7 Å². The molecule has 1 aliphatic carbocycles. The number of carbonyl (C=O) groups excluding carboxylic acids is 2. The maximum absolute atomic E-state index is 13.4. The first-order valence-corrected chi connectivity index (χ1v) is 9.79. The Bertz CT molecular complexity index is 769. The summed E-state index contributed by atoms with van der Waals surface area (Å²) in [6.07, 6.45) is 0.843. The molecule has 1 aromatic rings. The van der Waals surface area contributed by atoms with Crippen molar-refractivity contribution in [1.82, 2.24) is 0 Å². The number of allylic oxidation sites excluding steroid dienone is 1. The van der Waals surface area contributed by atoms with Crippen molar-refractivity contribution in [3.05, 3.63) is 41.5 Å². The van der Waals surface area contributed by atoms with Crippen molar-refractivity contribution in [1.29, 1.82) is 0 Å². The minimum Gasteiger partial charge on any atom is -0.463 e. The highest BCUT2D eigenvalue weighted by Crippen LogP contribution is 2.51. The summed E-state index contributed by atoms with van der Waals surface area (Å²) in [5, 5.41) is 0. The number of hydrogen-bond donors (Lipinski definition) is 0. The Morgan fingerprint density at radius 1 is 1.27 bits per heavy atom. The minimum absolute atomic E-state index is 0.148. The van der Waals surface area contributed by atoms with Gasteiger partial charge in [-0.15, -0.1) is 0 Å². The van der Waals surface area contributed by atoms with Crippen LogP contribution in [0, 0.1) is 12.8 Å². The number of esters is 2. The van der Waals surface area contributed by atoms with Crippen LogP contribution in [0.1, 0.15) is 25.8 Å². The Hall–Kier alpha value is -1.99. The molecule has 2 aliphatic rings. The summed E-state index contributed by atoms with van der Waals surface area (Å²) in [7, 11) is -1.70. The lowest BCUT2D eigenvalue weighted by molar-refractivity contribution is -0.166. The highest BCUT2D eigenvalue weighted by atomic mass is 32.2. The molecule has 1 aliphatic heterocycles. The molecule has 7 heteroatoms. The maximum atomic E-state index is 13.4. The molecule has 0 amide bonds. The molecule has 1 saturated heterocycles. The van der Waals surface area contributed by atoms with Crippen LogP contribution in [0.25, 0.3) is 0 Å². The van der Waals surface area contributed by atoms with Crippen LogP contribution in [0.15, 0.2) is 40.8 Å². The van der Waals surface area contributed by atoms with Crippen molar-refractivity contribution in [3.63, 3.8) is 0 Å². The molecule has 1 heterocycles. The first-order valence-electron chi connectivity index (χ1n) is 8.64. The standard InChI is InChI=1S/C19H22O6S/c1-4-23-16(20)14-10-11-19(15(14)17(24-5-2)25-18(19)21)26(22)13-8-6-12(3)7-9-13/h6-10,15,17H,4-5,11H2,1-3H3/t15-,17+,19+,26?/m0/s1. The first-order chi connectivity index (χ1) is 12.5. The summed E-state index contributed by atoms with van der Waals surface area (Å²) in [5.74, 6) is -1.88. The van der Waals surface area contributed by atoms with Crippen LogP contribution >= 0.6 is 0 Å². The molecule has 0 aromatic heterocycles. The van der Waals surface area contributed by atoms with E-state index in [9.17, 15) is 13.8 Å². The molecular formula is C19H22O6S. The van der Waals surface area contributed by atoms with Crippen molar-refractivity contribution in [2.24, 2.45) is 5.92 Å². The minimum atomic E-state index is -1.70. The Morgan fingerprint density at radius 2 is 1.96 bits per heavy atom. The fourth-order valence-electron chi connectivity index (χ4n) is 3.47. The average molecular weight is 378 g/mol. The Balaban J connectivity index is 2.03. The van der Waals surface area contributed by atoms with E-state index in [1.54, 1.807) is 32.1 Å². The third kappa shape index (κ3) is 2.89.